The Hall–Kier alpha value is -3.21. The van der Waals surface area contributed by atoms with E-state index in [0.717, 1.165) is 16.9 Å². The van der Waals surface area contributed by atoms with Gasteiger partial charge in [-0.2, -0.15) is 5.10 Å². The van der Waals surface area contributed by atoms with Crippen molar-refractivity contribution in [1.29, 1.82) is 0 Å². The average molecular weight is 492 g/mol. The highest BCUT2D eigenvalue weighted by atomic mass is 35.5. The fraction of sp³-hybridized carbons (Fsp3) is 0.143. The number of aromatic hydroxyl groups is 1. The van der Waals surface area contributed by atoms with Crippen molar-refractivity contribution in [2.75, 3.05) is 6.54 Å². The molecule has 11 heteroatoms. The minimum atomic E-state index is -1.01. The maximum Gasteiger partial charge on any atom is 0.305 e. The van der Waals surface area contributed by atoms with Crippen LogP contribution in [0.25, 0.3) is 10.4 Å². The van der Waals surface area contributed by atoms with Crippen molar-refractivity contribution < 1.29 is 24.6 Å². The molecule has 2 aromatic heterocycles. The number of hydrogen-bond acceptors (Lipinski definition) is 7. The molecule has 8 nitrogen and oxygen atoms in total. The summed E-state index contributed by atoms with van der Waals surface area (Å²) in [5.74, 6) is -1.93. The van der Waals surface area contributed by atoms with Crippen LogP contribution in [-0.4, -0.2) is 40.3 Å². The Labute approximate surface area is 196 Å². The van der Waals surface area contributed by atoms with Crippen LogP contribution in [0.2, 0.25) is 5.02 Å². The second-order valence-corrected chi connectivity index (χ2v) is 8.94. The van der Waals surface area contributed by atoms with E-state index < -0.39 is 17.8 Å². The fourth-order valence-electron chi connectivity index (χ4n) is 2.64. The smallest absolute Gasteiger partial charge is 0.305 e. The number of benzene rings is 1. The largest absolute Gasteiger partial charge is 0.506 e. The van der Waals surface area contributed by atoms with Crippen molar-refractivity contribution in [1.82, 2.24) is 10.7 Å². The Morgan fingerprint density at radius 3 is 2.53 bits per heavy atom. The molecule has 2 amide bonds. The van der Waals surface area contributed by atoms with E-state index in [9.17, 15) is 19.5 Å². The van der Waals surface area contributed by atoms with Crippen molar-refractivity contribution in [2.24, 2.45) is 5.10 Å². The SMILES string of the molecule is C/C(=N\NC(=O)c1ccc(C(=O)NCCC(=O)O)s1)c1csc(-c2cccc(Cl)c2)c1O. The number of nitrogens with one attached hydrogen (secondary N) is 2. The highest BCUT2D eigenvalue weighted by Gasteiger charge is 2.17. The summed E-state index contributed by atoms with van der Waals surface area (Å²) in [4.78, 5) is 36.1. The lowest BCUT2D eigenvalue weighted by Crippen LogP contribution is -2.25. The summed E-state index contributed by atoms with van der Waals surface area (Å²) in [6, 6.07) is 10.1. The lowest BCUT2D eigenvalue weighted by molar-refractivity contribution is -0.136. The number of aliphatic carboxylic acids is 1. The molecular formula is C21H18ClN3O5S2. The Balaban J connectivity index is 1.65. The third-order valence-electron chi connectivity index (χ3n) is 4.24. The van der Waals surface area contributed by atoms with Gasteiger partial charge in [0.15, 0.2) is 0 Å². The molecule has 0 spiro atoms. The number of carbonyl (C=O) groups is 3. The first-order chi connectivity index (χ1) is 15.3. The van der Waals surface area contributed by atoms with E-state index in [1.165, 1.54) is 23.5 Å². The van der Waals surface area contributed by atoms with Gasteiger partial charge in [-0.3, -0.25) is 14.4 Å². The molecule has 4 N–H and O–H groups in total. The zero-order valence-electron chi connectivity index (χ0n) is 16.7. The molecule has 0 unspecified atom stereocenters. The van der Waals surface area contributed by atoms with E-state index in [4.69, 9.17) is 16.7 Å². The lowest BCUT2D eigenvalue weighted by atomic mass is 10.1. The van der Waals surface area contributed by atoms with Gasteiger partial charge in [0, 0.05) is 16.9 Å². The monoisotopic (exact) mass is 491 g/mol. The van der Waals surface area contributed by atoms with Crippen LogP contribution in [0.5, 0.6) is 5.75 Å². The number of thiophene rings is 2. The van der Waals surface area contributed by atoms with Crippen LogP contribution in [0.3, 0.4) is 0 Å². The third kappa shape index (κ3) is 5.72. The molecule has 0 saturated heterocycles. The number of nitrogens with zero attached hydrogens (tertiary/aromatic N) is 1. The number of carboxylic acid groups (broad SMARTS) is 1. The Morgan fingerprint density at radius 2 is 1.84 bits per heavy atom. The highest BCUT2D eigenvalue weighted by Crippen LogP contribution is 2.39. The van der Waals surface area contributed by atoms with Crippen LogP contribution in [0.4, 0.5) is 0 Å². The van der Waals surface area contributed by atoms with Crippen LogP contribution in [-0.2, 0) is 4.79 Å². The van der Waals surface area contributed by atoms with Crippen molar-refractivity contribution >= 4 is 57.8 Å². The maximum absolute atomic E-state index is 12.4. The minimum Gasteiger partial charge on any atom is -0.506 e. The number of carbonyl (C=O) groups excluding carboxylic acids is 2. The average Bonchev–Trinajstić information content (AvgIpc) is 3.39. The minimum absolute atomic E-state index is 0.00159. The van der Waals surface area contributed by atoms with Gasteiger partial charge >= 0.3 is 5.97 Å². The second kappa shape index (κ2) is 10.4. The molecule has 0 fully saturated rings. The molecule has 0 bridgehead atoms. The normalized spacial score (nSPS) is 11.2. The topological polar surface area (TPSA) is 128 Å². The molecule has 32 heavy (non-hydrogen) atoms. The Morgan fingerprint density at radius 1 is 1.12 bits per heavy atom. The van der Waals surface area contributed by atoms with Gasteiger partial charge in [-0.15, -0.1) is 22.7 Å². The van der Waals surface area contributed by atoms with Crippen molar-refractivity contribution in [3.05, 3.63) is 62.1 Å². The van der Waals surface area contributed by atoms with Crippen LogP contribution in [0, 0.1) is 0 Å². The molecule has 3 rings (SSSR count). The summed E-state index contributed by atoms with van der Waals surface area (Å²) in [6.07, 6.45) is -0.188. The van der Waals surface area contributed by atoms with Crippen molar-refractivity contribution in [3.8, 4) is 16.2 Å². The fourth-order valence-corrected chi connectivity index (χ4v) is 4.65. The first kappa shape index (κ1) is 23.5. The molecule has 0 aliphatic rings. The highest BCUT2D eigenvalue weighted by molar-refractivity contribution is 7.16. The zero-order valence-corrected chi connectivity index (χ0v) is 19.1. The first-order valence-electron chi connectivity index (χ1n) is 9.27. The van der Waals surface area contributed by atoms with Crippen LogP contribution in [0.1, 0.15) is 38.3 Å². The second-order valence-electron chi connectivity index (χ2n) is 6.54. The molecule has 0 radical (unpaired) electrons. The van der Waals surface area contributed by atoms with Gasteiger partial charge in [-0.25, -0.2) is 5.43 Å². The molecule has 0 aliphatic carbocycles. The lowest BCUT2D eigenvalue weighted by Gasteiger charge is -2.03. The first-order valence-corrected chi connectivity index (χ1v) is 11.3. The van der Waals surface area contributed by atoms with E-state index >= 15 is 0 Å². The van der Waals surface area contributed by atoms with Crippen molar-refractivity contribution in [2.45, 2.75) is 13.3 Å². The predicted molar refractivity (Wildman–Crippen MR) is 125 cm³/mol. The molecule has 2 heterocycles. The van der Waals surface area contributed by atoms with Gasteiger partial charge in [-0.1, -0.05) is 23.7 Å². The number of amides is 2. The Kier molecular flexibility index (Phi) is 7.62. The Bertz CT molecular complexity index is 1200. The number of carboxylic acids is 1. The van der Waals surface area contributed by atoms with Gasteiger partial charge in [0.1, 0.15) is 5.75 Å². The van der Waals surface area contributed by atoms with E-state index in [1.807, 2.05) is 6.07 Å². The number of halogens is 1. The summed E-state index contributed by atoms with van der Waals surface area (Å²) in [7, 11) is 0. The van der Waals surface area contributed by atoms with Crippen LogP contribution in [0.15, 0.2) is 46.9 Å². The van der Waals surface area contributed by atoms with Gasteiger partial charge in [-0.05, 0) is 36.8 Å². The number of rotatable bonds is 8. The predicted octanol–water partition coefficient (Wildman–Crippen LogP) is 4.19. The van der Waals surface area contributed by atoms with Gasteiger partial charge < -0.3 is 15.5 Å². The third-order valence-corrected chi connectivity index (χ3v) is 6.58. The summed E-state index contributed by atoms with van der Waals surface area (Å²) in [5, 5.41) is 28.0. The van der Waals surface area contributed by atoms with Gasteiger partial charge in [0.05, 0.1) is 32.3 Å². The molecule has 166 valence electrons. The molecule has 0 atom stereocenters. The molecular weight excluding hydrogens is 474 g/mol. The number of hydrazone groups is 1. The summed E-state index contributed by atoms with van der Waals surface area (Å²) >= 11 is 8.31. The van der Waals surface area contributed by atoms with Gasteiger partial charge in [0.25, 0.3) is 11.8 Å². The van der Waals surface area contributed by atoms with Crippen LogP contribution >= 0.6 is 34.3 Å². The molecule has 1 aromatic carbocycles. The van der Waals surface area contributed by atoms with E-state index in [-0.39, 0.29) is 28.5 Å². The quantitative estimate of drug-likeness (QED) is 0.277. The summed E-state index contributed by atoms with van der Waals surface area (Å²) < 4.78 is 0. The summed E-state index contributed by atoms with van der Waals surface area (Å²) in [6.45, 7) is 1.65. The van der Waals surface area contributed by atoms with E-state index in [1.54, 1.807) is 30.5 Å². The standard InChI is InChI=1S/C21H18ClN3O5S2/c1-11(14-10-31-19(18(14)28)12-3-2-4-13(22)9-12)24-25-21(30)16-6-5-15(32-16)20(29)23-8-7-17(26)27/h2-6,9-10,28H,7-8H2,1H3,(H,23,29)(H,25,30)(H,26,27)/b24-11+. The van der Waals surface area contributed by atoms with E-state index in [0.29, 0.717) is 21.2 Å². The number of hydrogen-bond donors (Lipinski definition) is 4. The summed E-state index contributed by atoms with van der Waals surface area (Å²) in [5.41, 5.74) is 4.08. The molecule has 0 saturated carbocycles. The zero-order chi connectivity index (χ0) is 23.3. The van der Waals surface area contributed by atoms with E-state index in [2.05, 4.69) is 15.8 Å². The van der Waals surface area contributed by atoms with Crippen LogP contribution < -0.4 is 10.7 Å². The maximum atomic E-state index is 12.4. The van der Waals surface area contributed by atoms with Crippen molar-refractivity contribution in [3.63, 3.8) is 0 Å². The van der Waals surface area contributed by atoms with Gasteiger partial charge in [0.2, 0.25) is 0 Å². The molecule has 3 aromatic rings. The molecule has 0 aliphatic heterocycles.